The minimum absolute atomic E-state index is 0.241. The number of aliphatic hydroxyl groups is 1. The molecular weight excluding hydrogens is 273 g/mol. The number of halogens is 1. The van der Waals surface area contributed by atoms with Gasteiger partial charge in [-0.3, -0.25) is 9.89 Å². The maximum absolute atomic E-state index is 13.2. The molecule has 0 aliphatic carbocycles. The first kappa shape index (κ1) is 14.8. The van der Waals surface area contributed by atoms with Crippen LogP contribution in [0, 0.1) is 24.6 Å². The van der Waals surface area contributed by atoms with Gasteiger partial charge < -0.3 is 10.4 Å². The smallest absolute Gasteiger partial charge is 0.252 e. The van der Waals surface area contributed by atoms with Crippen LogP contribution in [-0.2, 0) is 6.54 Å². The maximum atomic E-state index is 13.2. The molecule has 0 saturated heterocycles. The van der Waals surface area contributed by atoms with Gasteiger partial charge in [-0.1, -0.05) is 11.8 Å². The first-order chi connectivity index (χ1) is 10.1. The van der Waals surface area contributed by atoms with Gasteiger partial charge in [0.2, 0.25) is 0 Å². The van der Waals surface area contributed by atoms with E-state index in [1.165, 1.54) is 18.2 Å². The molecule has 1 heterocycles. The van der Waals surface area contributed by atoms with Gasteiger partial charge >= 0.3 is 0 Å². The molecule has 0 unspecified atom stereocenters. The normalized spacial score (nSPS) is 9.86. The molecule has 0 radical (unpaired) electrons. The minimum atomic E-state index is -0.487. The third-order valence-corrected chi connectivity index (χ3v) is 2.90. The number of amides is 1. The highest BCUT2D eigenvalue weighted by Gasteiger charge is 2.11. The van der Waals surface area contributed by atoms with Gasteiger partial charge in [0, 0.05) is 23.4 Å². The zero-order valence-corrected chi connectivity index (χ0v) is 11.4. The molecule has 0 saturated carbocycles. The van der Waals surface area contributed by atoms with E-state index in [2.05, 4.69) is 27.4 Å². The van der Waals surface area contributed by atoms with Crippen molar-refractivity contribution in [2.45, 2.75) is 13.5 Å². The summed E-state index contributed by atoms with van der Waals surface area (Å²) in [5, 5.41) is 18.1. The van der Waals surface area contributed by atoms with E-state index in [1.807, 2.05) is 6.92 Å². The molecule has 1 amide bonds. The summed E-state index contributed by atoms with van der Waals surface area (Å²) in [6.07, 6.45) is 1.63. The summed E-state index contributed by atoms with van der Waals surface area (Å²) in [7, 11) is 0. The second kappa shape index (κ2) is 6.68. The monoisotopic (exact) mass is 287 g/mol. The van der Waals surface area contributed by atoms with Crippen molar-refractivity contribution in [2.75, 3.05) is 6.61 Å². The van der Waals surface area contributed by atoms with Crippen LogP contribution in [0.5, 0.6) is 0 Å². The van der Waals surface area contributed by atoms with E-state index in [0.29, 0.717) is 6.54 Å². The number of H-pyrrole nitrogens is 1. The Bertz CT molecular complexity index is 713. The molecule has 3 N–H and O–H groups in total. The van der Waals surface area contributed by atoms with E-state index < -0.39 is 5.82 Å². The number of hydrogen-bond acceptors (Lipinski definition) is 3. The number of hydrogen-bond donors (Lipinski definition) is 3. The van der Waals surface area contributed by atoms with E-state index in [-0.39, 0.29) is 23.6 Å². The number of aromatic amines is 1. The van der Waals surface area contributed by atoms with Crippen LogP contribution in [0.3, 0.4) is 0 Å². The number of aliphatic hydroxyl groups excluding tert-OH is 1. The number of nitrogens with zero attached hydrogens (tertiary/aromatic N) is 1. The SMILES string of the molecule is Cc1[nH]ncc1CNC(=O)c1ccc(F)cc1C#CCO. The molecule has 108 valence electrons. The zero-order valence-electron chi connectivity index (χ0n) is 11.4. The van der Waals surface area contributed by atoms with E-state index >= 15 is 0 Å². The van der Waals surface area contributed by atoms with Gasteiger partial charge in [-0.15, -0.1) is 0 Å². The largest absolute Gasteiger partial charge is 0.384 e. The van der Waals surface area contributed by atoms with Crippen molar-refractivity contribution < 1.29 is 14.3 Å². The van der Waals surface area contributed by atoms with Crippen LogP contribution >= 0.6 is 0 Å². The summed E-state index contributed by atoms with van der Waals surface area (Å²) in [6, 6.07) is 3.73. The lowest BCUT2D eigenvalue weighted by molar-refractivity contribution is 0.0950. The first-order valence-electron chi connectivity index (χ1n) is 6.28. The zero-order chi connectivity index (χ0) is 15.2. The Morgan fingerprint density at radius 2 is 2.33 bits per heavy atom. The Balaban J connectivity index is 2.17. The van der Waals surface area contributed by atoms with Gasteiger partial charge in [0.05, 0.1) is 11.8 Å². The number of carbonyl (C=O) groups is 1. The molecule has 0 aliphatic rings. The number of carbonyl (C=O) groups excluding carboxylic acids is 1. The van der Waals surface area contributed by atoms with Crippen molar-refractivity contribution >= 4 is 5.91 Å². The van der Waals surface area contributed by atoms with Crippen molar-refractivity contribution in [3.8, 4) is 11.8 Å². The van der Waals surface area contributed by atoms with Gasteiger partial charge in [-0.05, 0) is 25.1 Å². The number of rotatable bonds is 3. The molecule has 21 heavy (non-hydrogen) atoms. The molecule has 1 aromatic heterocycles. The van der Waals surface area contributed by atoms with E-state index in [4.69, 9.17) is 5.11 Å². The van der Waals surface area contributed by atoms with Crippen LogP contribution in [0.25, 0.3) is 0 Å². The quantitative estimate of drug-likeness (QED) is 0.741. The van der Waals surface area contributed by atoms with Gasteiger partial charge in [0.15, 0.2) is 0 Å². The summed E-state index contributed by atoms with van der Waals surface area (Å²) in [6.45, 7) is 1.81. The Morgan fingerprint density at radius 1 is 1.52 bits per heavy atom. The predicted molar refractivity (Wildman–Crippen MR) is 74.9 cm³/mol. The average molecular weight is 287 g/mol. The van der Waals surface area contributed by atoms with Gasteiger partial charge in [0.25, 0.3) is 5.91 Å². The maximum Gasteiger partial charge on any atom is 0.252 e. The number of aromatic nitrogens is 2. The van der Waals surface area contributed by atoms with Crippen LogP contribution in [0.4, 0.5) is 4.39 Å². The molecule has 0 fully saturated rings. The number of aryl methyl sites for hydroxylation is 1. The summed E-state index contributed by atoms with van der Waals surface area (Å²) in [4.78, 5) is 12.2. The van der Waals surface area contributed by atoms with Crippen LogP contribution in [-0.4, -0.2) is 27.8 Å². The molecule has 6 heteroatoms. The number of nitrogens with one attached hydrogen (secondary N) is 2. The fourth-order valence-corrected chi connectivity index (χ4v) is 1.78. The van der Waals surface area contributed by atoms with Crippen LogP contribution in [0.1, 0.15) is 27.2 Å². The van der Waals surface area contributed by atoms with E-state index in [9.17, 15) is 9.18 Å². The van der Waals surface area contributed by atoms with Crippen LogP contribution in [0.15, 0.2) is 24.4 Å². The summed E-state index contributed by atoms with van der Waals surface area (Å²) < 4.78 is 13.2. The van der Waals surface area contributed by atoms with Gasteiger partial charge in [-0.25, -0.2) is 4.39 Å². The molecule has 2 aromatic rings. The Kier molecular flexibility index (Phi) is 4.69. The molecule has 5 nitrogen and oxygen atoms in total. The second-order valence-electron chi connectivity index (χ2n) is 4.35. The molecule has 1 aromatic carbocycles. The van der Waals surface area contributed by atoms with E-state index in [1.54, 1.807) is 6.20 Å². The standard InChI is InChI=1S/C15H14FN3O2/c1-10-12(9-18-19-10)8-17-15(21)14-5-4-13(16)7-11(14)3-2-6-20/h4-5,7,9,20H,6,8H2,1H3,(H,17,21)(H,18,19). The topological polar surface area (TPSA) is 78.0 Å². The predicted octanol–water partition coefficient (Wildman–Crippen LogP) is 1.13. The highest BCUT2D eigenvalue weighted by atomic mass is 19.1. The van der Waals surface area contributed by atoms with E-state index in [0.717, 1.165) is 11.3 Å². The van der Waals surface area contributed by atoms with Crippen molar-refractivity contribution in [3.63, 3.8) is 0 Å². The fourth-order valence-electron chi connectivity index (χ4n) is 1.78. The van der Waals surface area contributed by atoms with Crippen molar-refractivity contribution in [1.29, 1.82) is 0 Å². The summed E-state index contributed by atoms with van der Waals surface area (Å²) in [5.74, 6) is 4.13. The van der Waals surface area contributed by atoms with Gasteiger partial charge in [-0.2, -0.15) is 5.10 Å². The molecule has 2 rings (SSSR count). The lowest BCUT2D eigenvalue weighted by Crippen LogP contribution is -2.24. The van der Waals surface area contributed by atoms with Gasteiger partial charge in [0.1, 0.15) is 12.4 Å². The van der Waals surface area contributed by atoms with Crippen LogP contribution < -0.4 is 5.32 Å². The highest BCUT2D eigenvalue weighted by Crippen LogP contribution is 2.11. The third-order valence-electron chi connectivity index (χ3n) is 2.90. The molecule has 0 bridgehead atoms. The van der Waals surface area contributed by atoms with Crippen molar-refractivity contribution in [1.82, 2.24) is 15.5 Å². The number of benzene rings is 1. The highest BCUT2D eigenvalue weighted by molar-refractivity contribution is 5.96. The lowest BCUT2D eigenvalue weighted by atomic mass is 10.1. The average Bonchev–Trinajstić information content (AvgIpc) is 2.88. The fraction of sp³-hybridized carbons (Fsp3) is 0.200. The summed E-state index contributed by atoms with van der Waals surface area (Å²) in [5.41, 5.74) is 2.24. The summed E-state index contributed by atoms with van der Waals surface area (Å²) >= 11 is 0. The molecular formula is C15H14FN3O2. The lowest BCUT2D eigenvalue weighted by Gasteiger charge is -2.07. The Labute approximate surface area is 121 Å². The molecule has 0 aliphatic heterocycles. The van der Waals surface area contributed by atoms with Crippen molar-refractivity contribution in [2.24, 2.45) is 0 Å². The Morgan fingerprint density at radius 3 is 3.00 bits per heavy atom. The Hall–Kier alpha value is -2.65. The third kappa shape index (κ3) is 3.68. The molecule has 0 atom stereocenters. The minimum Gasteiger partial charge on any atom is -0.384 e. The first-order valence-corrected chi connectivity index (χ1v) is 6.28. The van der Waals surface area contributed by atoms with Crippen LogP contribution in [0.2, 0.25) is 0 Å². The molecule has 0 spiro atoms. The van der Waals surface area contributed by atoms with Crippen molar-refractivity contribution in [3.05, 3.63) is 52.6 Å². The second-order valence-corrected chi connectivity index (χ2v) is 4.35.